The standard InChI is InChI=1S/C24H19ClF7N3O/c1-12-7-15(22(26,23(27,28)29)24(30,31)32)8-13(2)20(12)14-10-33-35(11-14)17-5-6-19(25)18(9-17)21(36)34-16-3-4-16/h5-11,16H,3-4H2,1-2H3,(H,34,36). The third-order valence-corrected chi connectivity index (χ3v) is 6.28. The average molecular weight is 534 g/mol. The van der Waals surface area contributed by atoms with Gasteiger partial charge in [-0.2, -0.15) is 31.4 Å². The van der Waals surface area contributed by atoms with Crippen molar-refractivity contribution in [3.05, 3.63) is 70.0 Å². The lowest BCUT2D eigenvalue weighted by Crippen LogP contribution is -2.50. The molecule has 0 saturated heterocycles. The van der Waals surface area contributed by atoms with E-state index in [9.17, 15) is 35.5 Å². The highest BCUT2D eigenvalue weighted by molar-refractivity contribution is 6.33. The van der Waals surface area contributed by atoms with Crippen LogP contribution in [0.25, 0.3) is 16.8 Å². The van der Waals surface area contributed by atoms with Gasteiger partial charge in [-0.1, -0.05) is 23.7 Å². The SMILES string of the molecule is Cc1cc(C(F)(C(F)(F)F)C(F)(F)F)cc(C)c1-c1cnn(-c2ccc(Cl)c(C(=O)NC3CC3)c2)c1. The molecule has 0 unspecified atom stereocenters. The van der Waals surface area contributed by atoms with Crippen molar-refractivity contribution < 1.29 is 35.5 Å². The van der Waals surface area contributed by atoms with Gasteiger partial charge in [-0.05, 0) is 61.6 Å². The second-order valence-electron chi connectivity index (χ2n) is 8.72. The van der Waals surface area contributed by atoms with E-state index in [1.54, 1.807) is 6.07 Å². The summed E-state index contributed by atoms with van der Waals surface area (Å²) in [4.78, 5) is 12.5. The Morgan fingerprint density at radius 3 is 2.11 bits per heavy atom. The molecule has 1 aliphatic carbocycles. The van der Waals surface area contributed by atoms with Crippen molar-refractivity contribution in [3.8, 4) is 16.8 Å². The summed E-state index contributed by atoms with van der Waals surface area (Å²) in [5.41, 5.74) is -5.70. The van der Waals surface area contributed by atoms with E-state index in [-0.39, 0.29) is 33.7 Å². The predicted molar refractivity (Wildman–Crippen MR) is 119 cm³/mol. The van der Waals surface area contributed by atoms with Crippen LogP contribution in [0, 0.1) is 13.8 Å². The normalized spacial score (nSPS) is 14.7. The molecule has 3 aromatic rings. The highest BCUT2D eigenvalue weighted by Gasteiger charge is 2.73. The van der Waals surface area contributed by atoms with Crippen LogP contribution >= 0.6 is 11.6 Å². The zero-order chi connectivity index (χ0) is 26.6. The molecule has 36 heavy (non-hydrogen) atoms. The quantitative estimate of drug-likeness (QED) is 0.359. The molecule has 0 bridgehead atoms. The predicted octanol–water partition coefficient (Wildman–Crippen LogP) is 6.99. The summed E-state index contributed by atoms with van der Waals surface area (Å²) >= 11 is 6.16. The lowest BCUT2D eigenvalue weighted by molar-refractivity contribution is -0.348. The number of nitrogens with zero attached hydrogens (tertiary/aromatic N) is 2. The number of alkyl halides is 7. The topological polar surface area (TPSA) is 46.9 Å². The summed E-state index contributed by atoms with van der Waals surface area (Å²) in [6, 6.07) is 5.83. The molecule has 1 aliphatic rings. The first kappa shape index (κ1) is 26.0. The van der Waals surface area contributed by atoms with E-state index in [1.165, 1.54) is 43.1 Å². The monoisotopic (exact) mass is 533 g/mol. The van der Waals surface area contributed by atoms with Gasteiger partial charge in [0.15, 0.2) is 0 Å². The van der Waals surface area contributed by atoms with Gasteiger partial charge in [-0.25, -0.2) is 9.07 Å². The number of aryl methyl sites for hydroxylation is 2. The molecule has 1 aromatic heterocycles. The zero-order valence-electron chi connectivity index (χ0n) is 18.9. The fraction of sp³-hybridized carbons (Fsp3) is 0.333. The summed E-state index contributed by atoms with van der Waals surface area (Å²) in [6.07, 6.45) is -7.76. The highest BCUT2D eigenvalue weighted by Crippen LogP contribution is 2.54. The number of rotatable bonds is 5. The summed E-state index contributed by atoms with van der Waals surface area (Å²) in [6.45, 7) is 2.58. The summed E-state index contributed by atoms with van der Waals surface area (Å²) in [5.74, 6) is -0.344. The fourth-order valence-electron chi connectivity index (χ4n) is 4.02. The molecule has 192 valence electrons. The summed E-state index contributed by atoms with van der Waals surface area (Å²) < 4.78 is 95.2. The number of halogens is 8. The molecule has 0 atom stereocenters. The lowest BCUT2D eigenvalue weighted by atomic mass is 9.87. The Bertz CT molecular complexity index is 1290. The number of hydrogen-bond donors (Lipinski definition) is 1. The Labute approximate surface area is 206 Å². The molecule has 1 saturated carbocycles. The van der Waals surface area contributed by atoms with Gasteiger partial charge in [0.2, 0.25) is 0 Å². The summed E-state index contributed by atoms with van der Waals surface area (Å²) in [5, 5.41) is 7.27. The van der Waals surface area contributed by atoms with Gasteiger partial charge in [-0.3, -0.25) is 4.79 Å². The Hall–Kier alpha value is -3.08. The fourth-order valence-corrected chi connectivity index (χ4v) is 4.22. The highest BCUT2D eigenvalue weighted by atomic mass is 35.5. The van der Waals surface area contributed by atoms with Crippen LogP contribution in [-0.4, -0.2) is 34.1 Å². The Morgan fingerprint density at radius 2 is 1.58 bits per heavy atom. The number of hydrogen-bond acceptors (Lipinski definition) is 2. The van der Waals surface area contributed by atoms with E-state index in [1.807, 2.05) is 0 Å². The van der Waals surface area contributed by atoms with Gasteiger partial charge in [0, 0.05) is 23.4 Å². The van der Waals surface area contributed by atoms with Gasteiger partial charge >= 0.3 is 18.0 Å². The van der Waals surface area contributed by atoms with E-state index in [0.717, 1.165) is 12.8 Å². The summed E-state index contributed by atoms with van der Waals surface area (Å²) in [7, 11) is 0. The van der Waals surface area contributed by atoms with Crippen LogP contribution in [0.4, 0.5) is 30.7 Å². The van der Waals surface area contributed by atoms with E-state index in [0.29, 0.717) is 28.9 Å². The second kappa shape index (κ2) is 8.79. The van der Waals surface area contributed by atoms with Gasteiger partial charge < -0.3 is 5.32 Å². The van der Waals surface area contributed by atoms with E-state index >= 15 is 0 Å². The molecule has 0 radical (unpaired) electrons. The minimum absolute atomic E-state index is 0.000631. The number of carbonyl (C=O) groups is 1. The van der Waals surface area contributed by atoms with Crippen LogP contribution in [0.15, 0.2) is 42.7 Å². The molecular weight excluding hydrogens is 515 g/mol. The third-order valence-electron chi connectivity index (χ3n) is 5.95. The number of nitrogens with one attached hydrogen (secondary N) is 1. The van der Waals surface area contributed by atoms with Crippen molar-refractivity contribution in [1.82, 2.24) is 15.1 Å². The van der Waals surface area contributed by atoms with Gasteiger partial charge in [0.25, 0.3) is 5.91 Å². The maximum Gasteiger partial charge on any atom is 0.435 e. The van der Waals surface area contributed by atoms with Crippen molar-refractivity contribution in [2.45, 2.75) is 50.8 Å². The minimum atomic E-state index is -6.20. The first-order chi connectivity index (χ1) is 16.6. The maximum absolute atomic E-state index is 14.6. The number of benzene rings is 2. The van der Waals surface area contributed by atoms with Gasteiger partial charge in [0.05, 0.1) is 22.5 Å². The molecule has 0 aliphatic heterocycles. The van der Waals surface area contributed by atoms with Crippen molar-refractivity contribution in [2.24, 2.45) is 0 Å². The third kappa shape index (κ3) is 4.56. The molecule has 12 heteroatoms. The maximum atomic E-state index is 14.6. The molecule has 1 fully saturated rings. The van der Waals surface area contributed by atoms with Crippen LogP contribution in [0.5, 0.6) is 0 Å². The van der Waals surface area contributed by atoms with Crippen LogP contribution < -0.4 is 5.32 Å². The minimum Gasteiger partial charge on any atom is -0.349 e. The van der Waals surface area contributed by atoms with E-state index < -0.39 is 23.6 Å². The van der Waals surface area contributed by atoms with Crippen LogP contribution in [0.1, 0.15) is 39.9 Å². The van der Waals surface area contributed by atoms with Crippen LogP contribution in [-0.2, 0) is 5.67 Å². The molecule has 1 heterocycles. The van der Waals surface area contributed by atoms with Crippen molar-refractivity contribution in [1.29, 1.82) is 0 Å². The molecule has 1 N–H and O–H groups in total. The van der Waals surface area contributed by atoms with Crippen molar-refractivity contribution in [3.63, 3.8) is 0 Å². The molecule has 1 amide bonds. The largest absolute Gasteiger partial charge is 0.435 e. The first-order valence-corrected chi connectivity index (χ1v) is 11.1. The van der Waals surface area contributed by atoms with Crippen molar-refractivity contribution >= 4 is 17.5 Å². The number of aromatic nitrogens is 2. The Morgan fingerprint density at radius 1 is 1.00 bits per heavy atom. The molecule has 2 aromatic carbocycles. The zero-order valence-corrected chi connectivity index (χ0v) is 19.6. The first-order valence-electron chi connectivity index (χ1n) is 10.7. The van der Waals surface area contributed by atoms with Crippen molar-refractivity contribution in [2.75, 3.05) is 0 Å². The average Bonchev–Trinajstić information content (AvgIpc) is 3.44. The van der Waals surface area contributed by atoms with Crippen LogP contribution in [0.3, 0.4) is 0 Å². The molecule has 4 nitrogen and oxygen atoms in total. The number of amides is 1. The second-order valence-corrected chi connectivity index (χ2v) is 9.13. The lowest BCUT2D eigenvalue weighted by Gasteiger charge is -2.31. The Kier molecular flexibility index (Phi) is 6.35. The molecule has 0 spiro atoms. The van der Waals surface area contributed by atoms with E-state index in [4.69, 9.17) is 11.6 Å². The van der Waals surface area contributed by atoms with Gasteiger partial charge in [0.1, 0.15) is 0 Å². The smallest absolute Gasteiger partial charge is 0.349 e. The van der Waals surface area contributed by atoms with Gasteiger partial charge in [-0.15, -0.1) is 0 Å². The molecule has 4 rings (SSSR count). The van der Waals surface area contributed by atoms with Crippen LogP contribution in [0.2, 0.25) is 5.02 Å². The number of carbonyl (C=O) groups excluding carboxylic acids is 1. The van der Waals surface area contributed by atoms with E-state index in [2.05, 4.69) is 10.4 Å². The Balaban J connectivity index is 1.71. The molecular formula is C24H19ClF7N3O.